The molecule has 0 saturated carbocycles. The van der Waals surface area contributed by atoms with Gasteiger partial charge < -0.3 is 15.4 Å². The Hall–Kier alpha value is -3.16. The third-order valence-electron chi connectivity index (χ3n) is 4.62. The van der Waals surface area contributed by atoms with Gasteiger partial charge in [-0.05, 0) is 45.0 Å². The Balaban J connectivity index is 1.85. The molecule has 2 aromatic heterocycles. The Labute approximate surface area is 155 Å². The molecule has 0 fully saturated rings. The van der Waals surface area contributed by atoms with Crippen LogP contribution in [0.5, 0.6) is 5.75 Å². The molecule has 1 atom stereocenters. The van der Waals surface area contributed by atoms with Crippen molar-refractivity contribution < 1.29 is 13.9 Å². The third kappa shape index (κ3) is 3.18. The van der Waals surface area contributed by atoms with Crippen LogP contribution in [-0.4, -0.2) is 27.1 Å². The Morgan fingerprint density at radius 2 is 2.15 bits per heavy atom. The summed E-state index contributed by atoms with van der Waals surface area (Å²) in [7, 11) is 0. The molecule has 27 heavy (non-hydrogen) atoms. The molecule has 3 aromatic rings. The Morgan fingerprint density at radius 3 is 2.96 bits per heavy atom. The largest absolute Gasteiger partial charge is 0.492 e. The van der Waals surface area contributed by atoms with Gasteiger partial charge in [0.2, 0.25) is 5.91 Å². The number of carbonyl (C=O) groups excluding carboxylic acids is 1. The van der Waals surface area contributed by atoms with Gasteiger partial charge in [0.1, 0.15) is 29.7 Å². The fourth-order valence-electron chi connectivity index (χ4n) is 2.94. The number of hydrogen-bond acceptors (Lipinski definition) is 5. The predicted molar refractivity (Wildman–Crippen MR) is 99.3 cm³/mol. The van der Waals surface area contributed by atoms with Crippen molar-refractivity contribution >= 4 is 23.1 Å². The summed E-state index contributed by atoms with van der Waals surface area (Å²) in [5.74, 6) is 0.544. The molecule has 0 radical (unpaired) electrons. The first kappa shape index (κ1) is 17.3. The number of aromatic nitrogens is 3. The number of hydrogen-bond donors (Lipinski definition) is 2. The molecule has 1 aromatic carbocycles. The molecule has 0 unspecified atom stereocenters. The van der Waals surface area contributed by atoms with Gasteiger partial charge in [0, 0.05) is 11.8 Å². The molecular weight excluding hydrogens is 349 g/mol. The van der Waals surface area contributed by atoms with Crippen molar-refractivity contribution in [1.29, 1.82) is 0 Å². The number of halogens is 1. The van der Waals surface area contributed by atoms with Crippen molar-refractivity contribution in [2.75, 3.05) is 17.2 Å². The topological polar surface area (TPSA) is 80.5 Å². The average Bonchev–Trinajstić information content (AvgIpc) is 3.02. The molecule has 0 aliphatic carbocycles. The van der Waals surface area contributed by atoms with Crippen molar-refractivity contribution in [2.45, 2.75) is 26.8 Å². The SMILES string of the molecule is C[C@H]1Nc2ccn3ncc(c3n2)NC(=O)C(C)(C)COc2ccc(F)cc21. The average molecular weight is 369 g/mol. The van der Waals surface area contributed by atoms with E-state index in [2.05, 4.69) is 20.7 Å². The lowest BCUT2D eigenvalue weighted by Crippen LogP contribution is -2.36. The minimum Gasteiger partial charge on any atom is -0.492 e. The normalized spacial score (nSPS) is 19.1. The number of carbonyl (C=O) groups is 1. The van der Waals surface area contributed by atoms with Crippen molar-refractivity contribution in [1.82, 2.24) is 14.6 Å². The van der Waals surface area contributed by atoms with E-state index >= 15 is 0 Å². The van der Waals surface area contributed by atoms with Crippen LogP contribution in [0.1, 0.15) is 32.4 Å². The lowest BCUT2D eigenvalue weighted by Gasteiger charge is -2.25. The number of anilines is 2. The second-order valence-electron chi connectivity index (χ2n) is 7.31. The van der Waals surface area contributed by atoms with Crippen LogP contribution in [-0.2, 0) is 4.79 Å². The van der Waals surface area contributed by atoms with Crippen molar-refractivity contribution in [3.63, 3.8) is 0 Å². The molecule has 0 spiro atoms. The fourth-order valence-corrected chi connectivity index (χ4v) is 2.94. The standard InChI is InChI=1S/C19H20FN5O2/c1-11-13-8-12(20)4-5-15(13)27-10-19(2,3)18(26)23-14-9-21-25-7-6-16(22-11)24-17(14)25/h4-9,11H,10H2,1-3H3,(H,22,24)(H,23,26)/t11-/m1/s1. The maximum absolute atomic E-state index is 13.8. The second-order valence-corrected chi connectivity index (χ2v) is 7.31. The van der Waals surface area contributed by atoms with Crippen molar-refractivity contribution in [3.8, 4) is 5.75 Å². The lowest BCUT2D eigenvalue weighted by molar-refractivity contribution is -0.125. The first-order valence-electron chi connectivity index (χ1n) is 8.68. The molecule has 0 saturated heterocycles. The maximum Gasteiger partial charge on any atom is 0.233 e. The Bertz CT molecular complexity index is 1030. The summed E-state index contributed by atoms with van der Waals surface area (Å²) < 4.78 is 21.4. The maximum atomic E-state index is 13.8. The van der Waals surface area contributed by atoms with Gasteiger partial charge in [-0.1, -0.05) is 0 Å². The molecule has 8 heteroatoms. The summed E-state index contributed by atoms with van der Waals surface area (Å²) in [6, 6.07) is 5.87. The fraction of sp³-hybridized carbons (Fsp3) is 0.316. The van der Waals surface area contributed by atoms with E-state index in [0.29, 0.717) is 28.5 Å². The zero-order valence-corrected chi connectivity index (χ0v) is 15.3. The highest BCUT2D eigenvalue weighted by molar-refractivity contribution is 5.97. The van der Waals surface area contributed by atoms with Crippen LogP contribution in [0.15, 0.2) is 36.7 Å². The molecule has 140 valence electrons. The number of rotatable bonds is 0. The molecule has 7 nitrogen and oxygen atoms in total. The van der Waals surface area contributed by atoms with Crippen LogP contribution in [0.3, 0.4) is 0 Å². The molecule has 1 amide bonds. The Kier molecular flexibility index (Phi) is 3.98. The molecular formula is C19H20FN5O2. The summed E-state index contributed by atoms with van der Waals surface area (Å²) in [6.45, 7) is 5.62. The van der Waals surface area contributed by atoms with Gasteiger partial charge >= 0.3 is 0 Å². The van der Waals surface area contributed by atoms with Gasteiger partial charge in [-0.15, -0.1) is 0 Å². The molecule has 2 N–H and O–H groups in total. The van der Waals surface area contributed by atoms with E-state index in [1.807, 2.05) is 6.92 Å². The van der Waals surface area contributed by atoms with E-state index in [1.54, 1.807) is 42.9 Å². The van der Waals surface area contributed by atoms with Crippen LogP contribution in [0.2, 0.25) is 0 Å². The quantitative estimate of drug-likeness (QED) is 0.635. The zero-order valence-electron chi connectivity index (χ0n) is 15.3. The predicted octanol–water partition coefficient (Wildman–Crippen LogP) is 3.40. The van der Waals surface area contributed by atoms with Gasteiger partial charge in [0.15, 0.2) is 5.65 Å². The molecule has 4 rings (SSSR count). The third-order valence-corrected chi connectivity index (χ3v) is 4.62. The first-order chi connectivity index (χ1) is 12.8. The van der Waals surface area contributed by atoms with Gasteiger partial charge in [0.25, 0.3) is 0 Å². The first-order valence-corrected chi connectivity index (χ1v) is 8.68. The molecule has 2 bridgehead atoms. The van der Waals surface area contributed by atoms with Crippen molar-refractivity contribution in [3.05, 3.63) is 48.0 Å². The summed E-state index contributed by atoms with van der Waals surface area (Å²) in [4.78, 5) is 17.3. The van der Waals surface area contributed by atoms with Gasteiger partial charge in [-0.3, -0.25) is 4.79 Å². The smallest absolute Gasteiger partial charge is 0.233 e. The van der Waals surface area contributed by atoms with E-state index in [-0.39, 0.29) is 24.4 Å². The van der Waals surface area contributed by atoms with E-state index in [1.165, 1.54) is 12.1 Å². The lowest BCUT2D eigenvalue weighted by atomic mass is 9.93. The number of fused-ring (bicyclic) bond motifs is 2. The van der Waals surface area contributed by atoms with Gasteiger partial charge in [0.05, 0.1) is 17.7 Å². The minimum absolute atomic E-state index is 0.139. The highest BCUT2D eigenvalue weighted by Gasteiger charge is 2.30. The van der Waals surface area contributed by atoms with Crippen molar-refractivity contribution in [2.24, 2.45) is 5.41 Å². The van der Waals surface area contributed by atoms with Crippen LogP contribution in [0, 0.1) is 11.2 Å². The van der Waals surface area contributed by atoms with Crippen LogP contribution in [0.4, 0.5) is 15.9 Å². The number of benzene rings is 1. The number of nitrogens with one attached hydrogen (secondary N) is 2. The van der Waals surface area contributed by atoms with E-state index in [4.69, 9.17) is 4.74 Å². The minimum atomic E-state index is -0.817. The van der Waals surface area contributed by atoms with Crippen LogP contribution < -0.4 is 15.4 Å². The summed E-state index contributed by atoms with van der Waals surface area (Å²) >= 11 is 0. The van der Waals surface area contributed by atoms with Crippen LogP contribution in [0.25, 0.3) is 5.65 Å². The Morgan fingerprint density at radius 1 is 1.33 bits per heavy atom. The summed E-state index contributed by atoms with van der Waals surface area (Å²) in [6.07, 6.45) is 3.31. The van der Waals surface area contributed by atoms with E-state index in [9.17, 15) is 9.18 Å². The number of ether oxygens (including phenoxy) is 1. The van der Waals surface area contributed by atoms with E-state index in [0.717, 1.165) is 0 Å². The summed E-state index contributed by atoms with van der Waals surface area (Å²) in [5, 5.41) is 10.3. The second kappa shape index (κ2) is 6.22. The number of nitrogens with zero attached hydrogens (tertiary/aromatic N) is 3. The van der Waals surface area contributed by atoms with Gasteiger partial charge in [-0.25, -0.2) is 13.9 Å². The highest BCUT2D eigenvalue weighted by atomic mass is 19.1. The zero-order chi connectivity index (χ0) is 19.2. The van der Waals surface area contributed by atoms with E-state index < -0.39 is 5.41 Å². The molecule has 1 aliphatic heterocycles. The van der Waals surface area contributed by atoms with Crippen LogP contribution >= 0.6 is 0 Å². The highest BCUT2D eigenvalue weighted by Crippen LogP contribution is 2.31. The summed E-state index contributed by atoms with van der Waals surface area (Å²) in [5.41, 5.74) is 0.881. The molecule has 3 heterocycles. The monoisotopic (exact) mass is 369 g/mol. The molecule has 1 aliphatic rings. The van der Waals surface area contributed by atoms with Gasteiger partial charge in [-0.2, -0.15) is 5.10 Å². The number of amides is 1.